The quantitative estimate of drug-likeness (QED) is 0.880. The molecule has 1 atom stereocenters. The Morgan fingerprint density at radius 1 is 1.29 bits per heavy atom. The molecule has 0 spiro atoms. The molecule has 0 saturated carbocycles. The molecule has 116 valence electrons. The van der Waals surface area contributed by atoms with Gasteiger partial charge in [-0.2, -0.15) is 0 Å². The molecule has 2 aromatic rings. The van der Waals surface area contributed by atoms with Crippen molar-refractivity contribution in [3.8, 4) is 0 Å². The van der Waals surface area contributed by atoms with Crippen molar-refractivity contribution in [2.45, 2.75) is 66.1 Å². The summed E-state index contributed by atoms with van der Waals surface area (Å²) in [6, 6.07) is 0.893. The number of nitrogens with zero attached hydrogens (tertiary/aromatic N) is 3. The number of thiazole rings is 1. The lowest BCUT2D eigenvalue weighted by Gasteiger charge is -2.22. The van der Waals surface area contributed by atoms with Crippen LogP contribution in [0.1, 0.15) is 68.0 Å². The minimum Gasteiger partial charge on any atom is -0.330 e. The minimum atomic E-state index is 0.110. The lowest BCUT2D eigenvalue weighted by atomic mass is 10.2. The molecular weight excluding hydrogens is 280 g/mol. The molecule has 0 aliphatic rings. The number of aryl methyl sites for hydroxylation is 2. The Balaban J connectivity index is 2.44. The zero-order valence-electron chi connectivity index (χ0n) is 13.8. The molecular formula is C16H26N4S. The van der Waals surface area contributed by atoms with Crippen LogP contribution in [0, 0.1) is 6.92 Å². The van der Waals surface area contributed by atoms with Gasteiger partial charge in [0, 0.05) is 17.0 Å². The third kappa shape index (κ3) is 3.52. The lowest BCUT2D eigenvalue weighted by Crippen LogP contribution is -2.30. The molecule has 1 N–H and O–H groups in total. The molecule has 0 saturated heterocycles. The number of hydrogen-bond acceptors (Lipinski definition) is 4. The lowest BCUT2D eigenvalue weighted by molar-refractivity contribution is 0.478. The standard InChI is InChI=1S/C16H26N4S/c1-7-13-12(6)21-16(19-13)15(18-10(2)3)14-8-17-9-20(14)11(4)5/h8-11,15,18H,7H2,1-6H3. The van der Waals surface area contributed by atoms with Gasteiger partial charge in [0.15, 0.2) is 0 Å². The Labute approximate surface area is 131 Å². The number of nitrogens with one attached hydrogen (secondary N) is 1. The van der Waals surface area contributed by atoms with Gasteiger partial charge in [-0.3, -0.25) is 0 Å². The molecule has 4 nitrogen and oxygen atoms in total. The van der Waals surface area contributed by atoms with Crippen LogP contribution in [0.3, 0.4) is 0 Å². The molecule has 0 aliphatic carbocycles. The maximum absolute atomic E-state index is 4.85. The van der Waals surface area contributed by atoms with Gasteiger partial charge in [-0.1, -0.05) is 6.92 Å². The van der Waals surface area contributed by atoms with Gasteiger partial charge in [-0.05, 0) is 41.0 Å². The first-order valence-electron chi connectivity index (χ1n) is 7.68. The van der Waals surface area contributed by atoms with Gasteiger partial charge < -0.3 is 9.88 Å². The topological polar surface area (TPSA) is 42.7 Å². The maximum Gasteiger partial charge on any atom is 0.116 e. The summed E-state index contributed by atoms with van der Waals surface area (Å²) >= 11 is 1.79. The van der Waals surface area contributed by atoms with E-state index in [1.165, 1.54) is 16.3 Å². The van der Waals surface area contributed by atoms with Gasteiger partial charge in [0.1, 0.15) is 11.0 Å². The Morgan fingerprint density at radius 3 is 2.52 bits per heavy atom. The predicted octanol–water partition coefficient (Wildman–Crippen LogP) is 3.88. The van der Waals surface area contributed by atoms with E-state index in [1.54, 1.807) is 11.3 Å². The first-order valence-corrected chi connectivity index (χ1v) is 8.49. The Bertz CT molecular complexity index is 583. The molecule has 5 heteroatoms. The van der Waals surface area contributed by atoms with E-state index in [4.69, 9.17) is 4.98 Å². The molecule has 0 bridgehead atoms. The molecule has 0 amide bonds. The number of rotatable bonds is 6. The van der Waals surface area contributed by atoms with Crippen LogP contribution < -0.4 is 5.32 Å². The van der Waals surface area contributed by atoms with Crippen molar-refractivity contribution in [3.63, 3.8) is 0 Å². The third-order valence-electron chi connectivity index (χ3n) is 3.54. The first kappa shape index (κ1) is 16.2. The van der Waals surface area contributed by atoms with Crippen LogP contribution in [0.2, 0.25) is 0 Å². The highest BCUT2D eigenvalue weighted by Gasteiger charge is 2.24. The van der Waals surface area contributed by atoms with E-state index in [0.717, 1.165) is 11.4 Å². The van der Waals surface area contributed by atoms with Crippen LogP contribution in [0.5, 0.6) is 0 Å². The number of aromatic nitrogens is 3. The molecule has 1 unspecified atom stereocenters. The van der Waals surface area contributed by atoms with Crippen molar-refractivity contribution in [2.24, 2.45) is 0 Å². The summed E-state index contributed by atoms with van der Waals surface area (Å²) in [6.07, 6.45) is 4.86. The number of imidazole rings is 1. The van der Waals surface area contributed by atoms with Crippen LogP contribution in [-0.4, -0.2) is 20.6 Å². The summed E-state index contributed by atoms with van der Waals surface area (Å²) in [5.41, 5.74) is 2.40. The van der Waals surface area contributed by atoms with E-state index < -0.39 is 0 Å². The second-order valence-electron chi connectivity index (χ2n) is 5.98. The zero-order chi connectivity index (χ0) is 15.6. The molecule has 2 rings (SSSR count). The van der Waals surface area contributed by atoms with Gasteiger partial charge >= 0.3 is 0 Å². The van der Waals surface area contributed by atoms with E-state index in [2.05, 4.69) is 56.4 Å². The SMILES string of the molecule is CCc1nc(C(NC(C)C)c2cncn2C(C)C)sc1C. The van der Waals surface area contributed by atoms with E-state index in [-0.39, 0.29) is 6.04 Å². The Kier molecular flexibility index (Phi) is 5.17. The highest BCUT2D eigenvalue weighted by molar-refractivity contribution is 7.11. The molecule has 0 aromatic carbocycles. The van der Waals surface area contributed by atoms with Gasteiger partial charge in [0.2, 0.25) is 0 Å². The van der Waals surface area contributed by atoms with Crippen LogP contribution in [0.4, 0.5) is 0 Å². The Morgan fingerprint density at radius 2 is 2.00 bits per heavy atom. The molecule has 0 radical (unpaired) electrons. The highest BCUT2D eigenvalue weighted by Crippen LogP contribution is 2.30. The molecule has 2 heterocycles. The van der Waals surface area contributed by atoms with E-state index in [0.29, 0.717) is 12.1 Å². The van der Waals surface area contributed by atoms with Gasteiger partial charge in [0.25, 0.3) is 0 Å². The Hall–Kier alpha value is -1.20. The van der Waals surface area contributed by atoms with Crippen LogP contribution in [0.25, 0.3) is 0 Å². The fraction of sp³-hybridized carbons (Fsp3) is 0.625. The van der Waals surface area contributed by atoms with E-state index >= 15 is 0 Å². The van der Waals surface area contributed by atoms with Crippen molar-refractivity contribution < 1.29 is 0 Å². The largest absolute Gasteiger partial charge is 0.330 e. The molecule has 0 fully saturated rings. The average Bonchev–Trinajstić information content (AvgIpc) is 3.01. The molecule has 2 aromatic heterocycles. The summed E-state index contributed by atoms with van der Waals surface area (Å²) in [5.74, 6) is 0. The number of hydrogen-bond donors (Lipinski definition) is 1. The van der Waals surface area contributed by atoms with Crippen LogP contribution in [0.15, 0.2) is 12.5 Å². The van der Waals surface area contributed by atoms with Gasteiger partial charge in [0.05, 0.1) is 23.9 Å². The van der Waals surface area contributed by atoms with Crippen LogP contribution >= 0.6 is 11.3 Å². The average molecular weight is 306 g/mol. The first-order chi connectivity index (χ1) is 9.93. The summed E-state index contributed by atoms with van der Waals surface area (Å²) in [6.45, 7) is 13.0. The summed E-state index contributed by atoms with van der Waals surface area (Å²) in [5, 5.41) is 4.78. The van der Waals surface area contributed by atoms with Crippen molar-refractivity contribution in [2.75, 3.05) is 0 Å². The summed E-state index contributed by atoms with van der Waals surface area (Å²) in [7, 11) is 0. The fourth-order valence-corrected chi connectivity index (χ4v) is 3.57. The van der Waals surface area contributed by atoms with Crippen molar-refractivity contribution in [3.05, 3.63) is 33.8 Å². The van der Waals surface area contributed by atoms with Crippen LogP contribution in [-0.2, 0) is 6.42 Å². The predicted molar refractivity (Wildman–Crippen MR) is 89.0 cm³/mol. The second-order valence-corrected chi connectivity index (χ2v) is 7.22. The highest BCUT2D eigenvalue weighted by atomic mass is 32.1. The van der Waals surface area contributed by atoms with Gasteiger partial charge in [-0.25, -0.2) is 9.97 Å². The van der Waals surface area contributed by atoms with E-state index in [9.17, 15) is 0 Å². The maximum atomic E-state index is 4.85. The monoisotopic (exact) mass is 306 g/mol. The molecule has 21 heavy (non-hydrogen) atoms. The molecule has 0 aliphatic heterocycles. The fourth-order valence-electron chi connectivity index (χ4n) is 2.49. The van der Waals surface area contributed by atoms with Crippen molar-refractivity contribution in [1.29, 1.82) is 0 Å². The third-order valence-corrected chi connectivity index (χ3v) is 4.62. The van der Waals surface area contributed by atoms with Crippen molar-refractivity contribution >= 4 is 11.3 Å². The normalized spacial score (nSPS) is 13.3. The summed E-state index contributed by atoms with van der Waals surface area (Å²) < 4.78 is 2.22. The van der Waals surface area contributed by atoms with E-state index in [1.807, 2.05) is 12.5 Å². The minimum absolute atomic E-state index is 0.110. The zero-order valence-corrected chi connectivity index (χ0v) is 14.7. The van der Waals surface area contributed by atoms with Gasteiger partial charge in [-0.15, -0.1) is 11.3 Å². The summed E-state index contributed by atoms with van der Waals surface area (Å²) in [4.78, 5) is 10.5. The second kappa shape index (κ2) is 6.71. The van der Waals surface area contributed by atoms with Crippen molar-refractivity contribution in [1.82, 2.24) is 19.9 Å². The smallest absolute Gasteiger partial charge is 0.116 e.